The monoisotopic (exact) mass is 289 g/mol. The number of nitrogens with one attached hydrogen (secondary N) is 1. The summed E-state index contributed by atoms with van der Waals surface area (Å²) in [5, 5.41) is 12.0. The number of benzene rings is 2. The van der Waals surface area contributed by atoms with E-state index in [-0.39, 0.29) is 11.5 Å². The lowest BCUT2D eigenvalue weighted by Gasteiger charge is -2.07. The molecule has 0 aliphatic heterocycles. The number of carbonyl (C=O) groups is 2. The fourth-order valence-corrected chi connectivity index (χ4v) is 2.06. The third-order valence-corrected chi connectivity index (χ3v) is 2.91. The van der Waals surface area contributed by atoms with Crippen LogP contribution in [0.25, 0.3) is 0 Å². The van der Waals surface area contributed by atoms with Crippen LogP contribution in [0.5, 0.6) is 0 Å². The first-order valence-corrected chi connectivity index (χ1v) is 6.25. The van der Waals surface area contributed by atoms with Crippen molar-refractivity contribution in [3.05, 3.63) is 64.2 Å². The van der Waals surface area contributed by atoms with Gasteiger partial charge in [-0.05, 0) is 55.0 Å². The molecule has 0 unspecified atom stereocenters. The highest BCUT2D eigenvalue weighted by molar-refractivity contribution is 6.31. The Kier molecular flexibility index (Phi) is 4.05. The molecule has 5 heteroatoms. The predicted molar refractivity (Wildman–Crippen MR) is 77.5 cm³/mol. The van der Waals surface area contributed by atoms with E-state index in [1.54, 1.807) is 30.3 Å². The molecule has 20 heavy (non-hydrogen) atoms. The van der Waals surface area contributed by atoms with Gasteiger partial charge < -0.3 is 10.4 Å². The zero-order valence-electron chi connectivity index (χ0n) is 10.7. The van der Waals surface area contributed by atoms with Crippen molar-refractivity contribution in [1.29, 1.82) is 0 Å². The molecule has 4 nitrogen and oxygen atoms in total. The lowest BCUT2D eigenvalue weighted by Crippen LogP contribution is -2.12. The van der Waals surface area contributed by atoms with Crippen LogP contribution in [0.2, 0.25) is 5.02 Å². The zero-order valence-corrected chi connectivity index (χ0v) is 11.4. The van der Waals surface area contributed by atoms with Gasteiger partial charge in [0.25, 0.3) is 5.91 Å². The van der Waals surface area contributed by atoms with Crippen molar-refractivity contribution in [3.8, 4) is 0 Å². The van der Waals surface area contributed by atoms with E-state index in [1.165, 1.54) is 12.1 Å². The van der Waals surface area contributed by atoms with Crippen molar-refractivity contribution in [2.45, 2.75) is 6.92 Å². The van der Waals surface area contributed by atoms with Crippen molar-refractivity contribution in [2.75, 3.05) is 5.32 Å². The van der Waals surface area contributed by atoms with Crippen LogP contribution in [0.15, 0.2) is 42.5 Å². The maximum absolute atomic E-state index is 12.1. The quantitative estimate of drug-likeness (QED) is 0.907. The molecule has 0 bridgehead atoms. The highest BCUT2D eigenvalue weighted by Crippen LogP contribution is 2.16. The second-order valence-corrected chi connectivity index (χ2v) is 4.79. The van der Waals surface area contributed by atoms with Gasteiger partial charge in [0.15, 0.2) is 0 Å². The van der Waals surface area contributed by atoms with Gasteiger partial charge >= 0.3 is 5.97 Å². The van der Waals surface area contributed by atoms with Crippen LogP contribution in [0, 0.1) is 6.92 Å². The van der Waals surface area contributed by atoms with E-state index in [0.717, 1.165) is 5.56 Å². The second kappa shape index (κ2) is 5.75. The summed E-state index contributed by atoms with van der Waals surface area (Å²) in [5.41, 5.74) is 2.04. The molecule has 102 valence electrons. The Hall–Kier alpha value is -2.33. The van der Waals surface area contributed by atoms with Crippen LogP contribution in [0.4, 0.5) is 5.69 Å². The lowest BCUT2D eigenvalue weighted by molar-refractivity contribution is 0.0696. The molecule has 0 saturated carbocycles. The standard InChI is InChI=1S/C15H12ClNO3/c1-9-6-11(8-12(16)7-9)14(18)17-13-4-2-10(3-5-13)15(19)20/h2-8H,1H3,(H,17,18)(H,19,20). The van der Waals surface area contributed by atoms with Crippen molar-refractivity contribution in [1.82, 2.24) is 0 Å². The summed E-state index contributed by atoms with van der Waals surface area (Å²) in [6, 6.07) is 11.0. The summed E-state index contributed by atoms with van der Waals surface area (Å²) < 4.78 is 0. The summed E-state index contributed by atoms with van der Waals surface area (Å²) in [7, 11) is 0. The number of hydrogen-bond donors (Lipinski definition) is 2. The van der Waals surface area contributed by atoms with Gasteiger partial charge in [-0.1, -0.05) is 11.6 Å². The Morgan fingerprint density at radius 1 is 1.05 bits per heavy atom. The van der Waals surface area contributed by atoms with Gasteiger partial charge in [-0.2, -0.15) is 0 Å². The predicted octanol–water partition coefficient (Wildman–Crippen LogP) is 3.60. The van der Waals surface area contributed by atoms with E-state index in [2.05, 4.69) is 5.32 Å². The second-order valence-electron chi connectivity index (χ2n) is 4.35. The molecule has 2 rings (SSSR count). The Labute approximate surface area is 121 Å². The first kappa shape index (κ1) is 14.1. The fraction of sp³-hybridized carbons (Fsp3) is 0.0667. The van der Waals surface area contributed by atoms with Gasteiger partial charge in [-0.15, -0.1) is 0 Å². The molecule has 1 amide bonds. The van der Waals surface area contributed by atoms with Crippen LogP contribution in [-0.2, 0) is 0 Å². The SMILES string of the molecule is Cc1cc(Cl)cc(C(=O)Nc2ccc(C(=O)O)cc2)c1. The van der Waals surface area contributed by atoms with Crippen molar-refractivity contribution >= 4 is 29.2 Å². The number of hydrogen-bond acceptors (Lipinski definition) is 2. The number of aryl methyl sites for hydroxylation is 1. The van der Waals surface area contributed by atoms with Gasteiger partial charge in [0.2, 0.25) is 0 Å². The van der Waals surface area contributed by atoms with Gasteiger partial charge in [0.1, 0.15) is 0 Å². The van der Waals surface area contributed by atoms with E-state index in [9.17, 15) is 9.59 Å². The molecule has 2 aromatic rings. The fourth-order valence-electron chi connectivity index (χ4n) is 1.77. The van der Waals surface area contributed by atoms with E-state index >= 15 is 0 Å². The molecule has 0 aliphatic carbocycles. The maximum atomic E-state index is 12.1. The van der Waals surface area contributed by atoms with Crippen LogP contribution in [-0.4, -0.2) is 17.0 Å². The average molecular weight is 290 g/mol. The third-order valence-electron chi connectivity index (χ3n) is 2.69. The molecule has 0 saturated heterocycles. The van der Waals surface area contributed by atoms with Crippen LogP contribution in [0.1, 0.15) is 26.3 Å². The Balaban J connectivity index is 2.16. The highest BCUT2D eigenvalue weighted by atomic mass is 35.5. The van der Waals surface area contributed by atoms with Crippen molar-refractivity contribution in [3.63, 3.8) is 0 Å². The minimum Gasteiger partial charge on any atom is -0.478 e. The minimum atomic E-state index is -1.01. The van der Waals surface area contributed by atoms with E-state index in [4.69, 9.17) is 16.7 Å². The molecule has 0 aliphatic rings. The maximum Gasteiger partial charge on any atom is 0.335 e. The highest BCUT2D eigenvalue weighted by Gasteiger charge is 2.08. The van der Waals surface area contributed by atoms with Gasteiger partial charge in [0, 0.05) is 16.3 Å². The number of carbonyl (C=O) groups excluding carboxylic acids is 1. The van der Waals surface area contributed by atoms with E-state index in [0.29, 0.717) is 16.3 Å². The van der Waals surface area contributed by atoms with Gasteiger partial charge in [0.05, 0.1) is 5.56 Å². The van der Waals surface area contributed by atoms with Crippen molar-refractivity contribution < 1.29 is 14.7 Å². The minimum absolute atomic E-state index is 0.168. The Morgan fingerprint density at radius 2 is 1.70 bits per heavy atom. The summed E-state index contributed by atoms with van der Waals surface area (Å²) in [6.45, 7) is 1.85. The molecular formula is C15H12ClNO3. The molecule has 2 N–H and O–H groups in total. The van der Waals surface area contributed by atoms with Crippen LogP contribution in [0.3, 0.4) is 0 Å². The number of aromatic carboxylic acids is 1. The average Bonchev–Trinajstić information content (AvgIpc) is 2.38. The number of amides is 1. The summed E-state index contributed by atoms with van der Waals surface area (Å²) >= 11 is 5.91. The summed E-state index contributed by atoms with van der Waals surface area (Å²) in [4.78, 5) is 22.8. The number of carboxylic acids is 1. The summed E-state index contributed by atoms with van der Waals surface area (Å²) in [5.74, 6) is -1.30. The zero-order chi connectivity index (χ0) is 14.7. The van der Waals surface area contributed by atoms with E-state index in [1.807, 2.05) is 6.92 Å². The normalized spacial score (nSPS) is 10.1. The van der Waals surface area contributed by atoms with Crippen molar-refractivity contribution in [2.24, 2.45) is 0 Å². The molecule has 0 fully saturated rings. The molecule has 0 aromatic heterocycles. The Bertz CT molecular complexity index is 645. The third kappa shape index (κ3) is 3.36. The topological polar surface area (TPSA) is 66.4 Å². The number of halogens is 1. The Morgan fingerprint density at radius 3 is 2.25 bits per heavy atom. The molecular weight excluding hydrogens is 278 g/mol. The van der Waals surface area contributed by atoms with Gasteiger partial charge in [-0.25, -0.2) is 4.79 Å². The lowest BCUT2D eigenvalue weighted by atomic mass is 10.1. The van der Waals surface area contributed by atoms with E-state index < -0.39 is 5.97 Å². The number of anilines is 1. The largest absolute Gasteiger partial charge is 0.478 e. The summed E-state index contributed by atoms with van der Waals surface area (Å²) in [6.07, 6.45) is 0. The molecule has 0 atom stereocenters. The van der Waals surface area contributed by atoms with Gasteiger partial charge in [-0.3, -0.25) is 4.79 Å². The number of rotatable bonds is 3. The van der Waals surface area contributed by atoms with Crippen LogP contribution >= 0.6 is 11.6 Å². The molecule has 0 spiro atoms. The van der Waals surface area contributed by atoms with Crippen LogP contribution < -0.4 is 5.32 Å². The smallest absolute Gasteiger partial charge is 0.335 e. The molecule has 0 radical (unpaired) electrons. The molecule has 0 heterocycles. The molecule has 2 aromatic carbocycles. The number of carboxylic acid groups (broad SMARTS) is 1. The first-order chi connectivity index (χ1) is 9.45. The first-order valence-electron chi connectivity index (χ1n) is 5.87.